The molecule has 2 aromatic rings. The van der Waals surface area contributed by atoms with Crippen LogP contribution in [0.2, 0.25) is 0 Å². The summed E-state index contributed by atoms with van der Waals surface area (Å²) in [6.07, 6.45) is 5.30. The summed E-state index contributed by atoms with van der Waals surface area (Å²) in [6.45, 7) is 8.84. The van der Waals surface area contributed by atoms with Crippen LogP contribution in [0.15, 0.2) is 23.1 Å². The number of amides is 2. The predicted octanol–water partition coefficient (Wildman–Crippen LogP) is 3.08. The van der Waals surface area contributed by atoms with Gasteiger partial charge in [-0.15, -0.1) is 0 Å². The molecule has 2 aromatic heterocycles. The number of aryl methyl sites for hydroxylation is 1. The van der Waals surface area contributed by atoms with E-state index in [1.54, 1.807) is 12.5 Å². The van der Waals surface area contributed by atoms with E-state index in [-0.39, 0.29) is 11.9 Å². The van der Waals surface area contributed by atoms with Crippen molar-refractivity contribution in [3.63, 3.8) is 0 Å². The van der Waals surface area contributed by atoms with Gasteiger partial charge in [0.25, 0.3) is 0 Å². The summed E-state index contributed by atoms with van der Waals surface area (Å²) in [6, 6.07) is 2.00. The zero-order chi connectivity index (χ0) is 17.8. The van der Waals surface area contributed by atoms with E-state index in [9.17, 15) is 4.79 Å². The molecule has 0 bridgehead atoms. The molecular weight excluding hydrogens is 318 g/mol. The van der Waals surface area contributed by atoms with Gasteiger partial charge in [-0.3, -0.25) is 0 Å². The van der Waals surface area contributed by atoms with Crippen LogP contribution >= 0.6 is 0 Å². The molecule has 0 radical (unpaired) electrons. The van der Waals surface area contributed by atoms with E-state index in [2.05, 4.69) is 15.1 Å². The van der Waals surface area contributed by atoms with Gasteiger partial charge in [0, 0.05) is 44.4 Å². The first-order chi connectivity index (χ1) is 12.1. The topological polar surface area (TPSA) is 75.4 Å². The van der Waals surface area contributed by atoms with Crippen LogP contribution in [0.5, 0.6) is 0 Å². The van der Waals surface area contributed by atoms with Crippen molar-refractivity contribution < 1.29 is 9.32 Å². The normalized spacial score (nSPS) is 17.6. The first-order valence-corrected chi connectivity index (χ1v) is 8.91. The first-order valence-electron chi connectivity index (χ1n) is 8.91. The summed E-state index contributed by atoms with van der Waals surface area (Å²) in [5.41, 5.74) is 2.63. The average Bonchev–Trinajstić information content (AvgIpc) is 3.09. The molecule has 0 unspecified atom stereocenters. The van der Waals surface area contributed by atoms with Gasteiger partial charge in [0.05, 0.1) is 17.0 Å². The van der Waals surface area contributed by atoms with Gasteiger partial charge in [0.2, 0.25) is 0 Å². The standard InChI is InChI=1S/C18H25N5O2/c1-4-22(5-2)18(24)23-8-6-7-14(11-23)17-15(10-19-12-20-17)16-9-13(3)21-25-16/h9-10,12,14H,4-8,11H2,1-3H3/t14-/m0/s1. The lowest BCUT2D eigenvalue weighted by Gasteiger charge is -2.36. The molecule has 0 saturated carbocycles. The molecular formula is C18H25N5O2. The number of nitrogens with zero attached hydrogens (tertiary/aromatic N) is 5. The highest BCUT2D eigenvalue weighted by atomic mass is 16.5. The molecule has 2 amide bonds. The molecule has 0 aromatic carbocycles. The highest BCUT2D eigenvalue weighted by Crippen LogP contribution is 2.33. The van der Waals surface area contributed by atoms with Crippen molar-refractivity contribution in [2.75, 3.05) is 26.2 Å². The number of carbonyl (C=O) groups excluding carboxylic acids is 1. The van der Waals surface area contributed by atoms with Crippen molar-refractivity contribution in [1.29, 1.82) is 0 Å². The Bertz CT molecular complexity index is 726. The maximum atomic E-state index is 12.7. The SMILES string of the molecule is CCN(CC)C(=O)N1CCC[C@H](c2ncncc2-c2cc(C)no2)C1. The fourth-order valence-electron chi connectivity index (χ4n) is 3.41. The number of aromatic nitrogens is 3. The van der Waals surface area contributed by atoms with Gasteiger partial charge in [0.1, 0.15) is 6.33 Å². The Morgan fingerprint density at radius 2 is 2.20 bits per heavy atom. The zero-order valence-corrected chi connectivity index (χ0v) is 15.1. The predicted molar refractivity (Wildman–Crippen MR) is 94.1 cm³/mol. The zero-order valence-electron chi connectivity index (χ0n) is 15.1. The van der Waals surface area contributed by atoms with E-state index in [1.165, 1.54) is 0 Å². The smallest absolute Gasteiger partial charge is 0.319 e. The molecule has 7 nitrogen and oxygen atoms in total. The quantitative estimate of drug-likeness (QED) is 0.853. The molecule has 0 spiro atoms. The number of likely N-dealkylation sites (tertiary alicyclic amines) is 1. The van der Waals surface area contributed by atoms with Crippen LogP contribution in [-0.2, 0) is 0 Å². The molecule has 134 valence electrons. The summed E-state index contributed by atoms with van der Waals surface area (Å²) < 4.78 is 5.41. The van der Waals surface area contributed by atoms with Crippen LogP contribution in [-0.4, -0.2) is 57.1 Å². The van der Waals surface area contributed by atoms with E-state index < -0.39 is 0 Å². The molecule has 3 heterocycles. The van der Waals surface area contributed by atoms with Crippen molar-refractivity contribution in [2.24, 2.45) is 0 Å². The largest absolute Gasteiger partial charge is 0.356 e. The molecule has 1 aliphatic rings. The number of piperidine rings is 1. The molecule has 1 fully saturated rings. The summed E-state index contributed by atoms with van der Waals surface area (Å²) in [5, 5.41) is 3.97. The van der Waals surface area contributed by atoms with Crippen molar-refractivity contribution in [2.45, 2.75) is 39.5 Å². The Kier molecular flexibility index (Phi) is 5.31. The summed E-state index contributed by atoms with van der Waals surface area (Å²) in [7, 11) is 0. The summed E-state index contributed by atoms with van der Waals surface area (Å²) >= 11 is 0. The number of carbonyl (C=O) groups is 1. The third-order valence-electron chi connectivity index (χ3n) is 4.75. The second kappa shape index (κ2) is 7.63. The molecule has 25 heavy (non-hydrogen) atoms. The van der Waals surface area contributed by atoms with Crippen LogP contribution < -0.4 is 0 Å². The third kappa shape index (κ3) is 3.65. The average molecular weight is 343 g/mol. The lowest BCUT2D eigenvalue weighted by molar-refractivity contribution is 0.142. The Labute approximate surface area is 148 Å². The molecule has 0 N–H and O–H groups in total. The molecule has 3 rings (SSSR count). The van der Waals surface area contributed by atoms with Crippen LogP contribution in [0, 0.1) is 6.92 Å². The Hall–Kier alpha value is -2.44. The number of hydrogen-bond acceptors (Lipinski definition) is 5. The molecule has 1 saturated heterocycles. The Morgan fingerprint density at radius 3 is 2.88 bits per heavy atom. The lowest BCUT2D eigenvalue weighted by Crippen LogP contribution is -2.47. The molecule has 0 aliphatic carbocycles. The van der Waals surface area contributed by atoms with Crippen molar-refractivity contribution >= 4 is 6.03 Å². The van der Waals surface area contributed by atoms with Gasteiger partial charge < -0.3 is 14.3 Å². The first kappa shape index (κ1) is 17.4. The fourth-order valence-corrected chi connectivity index (χ4v) is 3.41. The van der Waals surface area contributed by atoms with E-state index >= 15 is 0 Å². The monoisotopic (exact) mass is 343 g/mol. The van der Waals surface area contributed by atoms with Gasteiger partial charge in [-0.05, 0) is 33.6 Å². The fraction of sp³-hybridized carbons (Fsp3) is 0.556. The second-order valence-corrected chi connectivity index (χ2v) is 6.39. The Morgan fingerprint density at radius 1 is 1.40 bits per heavy atom. The van der Waals surface area contributed by atoms with Crippen LogP contribution in [0.3, 0.4) is 0 Å². The number of hydrogen-bond donors (Lipinski definition) is 0. The van der Waals surface area contributed by atoms with E-state index in [1.807, 2.05) is 36.6 Å². The van der Waals surface area contributed by atoms with Crippen LogP contribution in [0.1, 0.15) is 44.0 Å². The van der Waals surface area contributed by atoms with Crippen molar-refractivity contribution in [3.8, 4) is 11.3 Å². The minimum absolute atomic E-state index is 0.112. The third-order valence-corrected chi connectivity index (χ3v) is 4.75. The van der Waals surface area contributed by atoms with Gasteiger partial charge >= 0.3 is 6.03 Å². The van der Waals surface area contributed by atoms with Crippen molar-refractivity contribution in [1.82, 2.24) is 24.9 Å². The molecule has 1 atom stereocenters. The van der Waals surface area contributed by atoms with Crippen molar-refractivity contribution in [3.05, 3.63) is 30.0 Å². The van der Waals surface area contributed by atoms with Gasteiger partial charge in [0.15, 0.2) is 5.76 Å². The minimum Gasteiger partial charge on any atom is -0.356 e. The Balaban J connectivity index is 1.84. The number of rotatable bonds is 4. The highest BCUT2D eigenvalue weighted by Gasteiger charge is 2.29. The lowest BCUT2D eigenvalue weighted by atomic mass is 9.91. The van der Waals surface area contributed by atoms with E-state index in [0.717, 1.165) is 49.4 Å². The van der Waals surface area contributed by atoms with Gasteiger partial charge in [-0.2, -0.15) is 0 Å². The summed E-state index contributed by atoms with van der Waals surface area (Å²) in [4.78, 5) is 25.2. The maximum Gasteiger partial charge on any atom is 0.319 e. The summed E-state index contributed by atoms with van der Waals surface area (Å²) in [5.74, 6) is 0.858. The van der Waals surface area contributed by atoms with E-state index in [4.69, 9.17) is 4.52 Å². The van der Waals surface area contributed by atoms with Crippen LogP contribution in [0.25, 0.3) is 11.3 Å². The highest BCUT2D eigenvalue weighted by molar-refractivity contribution is 5.74. The van der Waals surface area contributed by atoms with Gasteiger partial charge in [-0.1, -0.05) is 5.16 Å². The van der Waals surface area contributed by atoms with Crippen LogP contribution in [0.4, 0.5) is 4.79 Å². The van der Waals surface area contributed by atoms with Gasteiger partial charge in [-0.25, -0.2) is 14.8 Å². The maximum absolute atomic E-state index is 12.7. The second-order valence-electron chi connectivity index (χ2n) is 6.39. The molecule has 7 heteroatoms. The minimum atomic E-state index is 0.112. The number of urea groups is 1. The molecule has 1 aliphatic heterocycles. The van der Waals surface area contributed by atoms with E-state index in [0.29, 0.717) is 12.3 Å².